The summed E-state index contributed by atoms with van der Waals surface area (Å²) in [5, 5.41) is 11.3. The van der Waals surface area contributed by atoms with E-state index < -0.39 is 11.2 Å². The third-order valence-electron chi connectivity index (χ3n) is 5.71. The van der Waals surface area contributed by atoms with Gasteiger partial charge in [-0.3, -0.25) is 0 Å². The number of hydrogen-bond acceptors (Lipinski definition) is 3. The molecule has 0 bridgehead atoms. The van der Waals surface area contributed by atoms with Crippen molar-refractivity contribution in [2.45, 2.75) is 77.4 Å². The van der Waals surface area contributed by atoms with Crippen molar-refractivity contribution in [3.8, 4) is 0 Å². The summed E-state index contributed by atoms with van der Waals surface area (Å²) in [5.41, 5.74) is 1.09. The molecule has 4 nitrogen and oxygen atoms in total. The van der Waals surface area contributed by atoms with E-state index in [9.17, 15) is 9.90 Å². The molecule has 1 spiro atoms. The minimum absolute atomic E-state index is 0.0311. The highest BCUT2D eigenvalue weighted by atomic mass is 16.6. The van der Waals surface area contributed by atoms with Crippen molar-refractivity contribution in [2.75, 3.05) is 13.1 Å². The Balaban J connectivity index is 1.69. The van der Waals surface area contributed by atoms with E-state index in [4.69, 9.17) is 4.74 Å². The lowest BCUT2D eigenvalue weighted by Gasteiger charge is -2.48. The van der Waals surface area contributed by atoms with Gasteiger partial charge in [0.25, 0.3) is 0 Å². The third-order valence-corrected chi connectivity index (χ3v) is 5.71. The van der Waals surface area contributed by atoms with E-state index in [2.05, 4.69) is 32.9 Å². The number of nitrogens with zero attached hydrogens (tertiary/aromatic N) is 1. The zero-order chi connectivity index (χ0) is 19.4. The van der Waals surface area contributed by atoms with Crippen LogP contribution in [0.25, 0.3) is 0 Å². The second-order valence-corrected chi connectivity index (χ2v) is 10.4. The fourth-order valence-electron chi connectivity index (χ4n) is 4.28. The second kappa shape index (κ2) is 5.98. The van der Waals surface area contributed by atoms with Gasteiger partial charge in [0.05, 0.1) is 5.60 Å². The van der Waals surface area contributed by atoms with Crippen molar-refractivity contribution >= 4 is 6.09 Å². The van der Waals surface area contributed by atoms with E-state index >= 15 is 0 Å². The van der Waals surface area contributed by atoms with Crippen LogP contribution in [0.15, 0.2) is 24.3 Å². The fraction of sp³-hybridized carbons (Fsp3) is 0.682. The van der Waals surface area contributed by atoms with E-state index in [0.717, 1.165) is 18.4 Å². The number of ether oxygens (including phenoxy) is 1. The van der Waals surface area contributed by atoms with Crippen LogP contribution >= 0.6 is 0 Å². The number of hydrogen-bond donors (Lipinski definition) is 1. The lowest BCUT2D eigenvalue weighted by atomic mass is 9.76. The van der Waals surface area contributed by atoms with Crippen LogP contribution in [0.1, 0.15) is 71.9 Å². The smallest absolute Gasteiger partial charge is 0.410 e. The summed E-state index contributed by atoms with van der Waals surface area (Å²) in [4.78, 5) is 14.0. The zero-order valence-electron chi connectivity index (χ0n) is 17.1. The summed E-state index contributed by atoms with van der Waals surface area (Å²) >= 11 is 0. The lowest BCUT2D eigenvalue weighted by Crippen LogP contribution is -2.58. The molecule has 2 fully saturated rings. The molecular formula is C22H33NO3. The van der Waals surface area contributed by atoms with Crippen LogP contribution in [0, 0.1) is 5.41 Å². The fourth-order valence-corrected chi connectivity index (χ4v) is 4.28. The van der Waals surface area contributed by atoms with Crippen LogP contribution in [0.4, 0.5) is 4.79 Å². The van der Waals surface area contributed by atoms with Crippen molar-refractivity contribution < 1.29 is 14.6 Å². The van der Waals surface area contributed by atoms with E-state index in [1.807, 2.05) is 32.9 Å². The number of benzene rings is 1. The van der Waals surface area contributed by atoms with Crippen molar-refractivity contribution in [3.63, 3.8) is 0 Å². The molecule has 3 rings (SSSR count). The first-order valence-corrected chi connectivity index (χ1v) is 9.63. The Bertz CT molecular complexity index is 692. The van der Waals surface area contributed by atoms with Crippen LogP contribution in [0.2, 0.25) is 0 Å². The predicted octanol–water partition coefficient (Wildman–Crippen LogP) is 4.59. The summed E-state index contributed by atoms with van der Waals surface area (Å²) in [7, 11) is 0. The number of aliphatic hydroxyl groups is 1. The maximum atomic E-state index is 12.2. The Morgan fingerprint density at radius 3 is 2.35 bits per heavy atom. The molecule has 1 aromatic carbocycles. The predicted molar refractivity (Wildman–Crippen MR) is 103 cm³/mol. The van der Waals surface area contributed by atoms with Gasteiger partial charge in [-0.1, -0.05) is 45.0 Å². The van der Waals surface area contributed by atoms with Crippen LogP contribution < -0.4 is 0 Å². The highest BCUT2D eigenvalue weighted by Gasteiger charge is 2.55. The largest absolute Gasteiger partial charge is 0.444 e. The maximum absolute atomic E-state index is 12.2. The van der Waals surface area contributed by atoms with Crippen molar-refractivity contribution in [1.82, 2.24) is 4.90 Å². The molecule has 2 aliphatic rings. The molecule has 1 saturated heterocycles. The molecular weight excluding hydrogens is 326 g/mol. The average molecular weight is 360 g/mol. The Hall–Kier alpha value is -1.55. The molecule has 1 atom stereocenters. The Kier molecular flexibility index (Phi) is 4.42. The van der Waals surface area contributed by atoms with E-state index in [1.165, 1.54) is 5.56 Å². The van der Waals surface area contributed by atoms with Gasteiger partial charge in [0, 0.05) is 18.5 Å². The summed E-state index contributed by atoms with van der Waals surface area (Å²) in [5.74, 6) is 0. The van der Waals surface area contributed by atoms with Gasteiger partial charge in [-0.05, 0) is 56.6 Å². The van der Waals surface area contributed by atoms with Crippen LogP contribution in [-0.2, 0) is 15.8 Å². The standard InChI is InChI=1S/C22H33NO3/c1-19(2,3)16-8-7-9-17(12-16)22(25)11-10-21(13-22)14-23(15-21)18(24)26-20(4,5)6/h7-9,12,25H,10-11,13-15H2,1-6H3/t22-/m1/s1. The number of carbonyl (C=O) groups is 1. The SMILES string of the molecule is CC(C)(C)OC(=O)N1CC2(CC[C@](O)(c3cccc(C(C)(C)C)c3)C2)C1. The van der Waals surface area contributed by atoms with Crippen molar-refractivity contribution in [3.05, 3.63) is 35.4 Å². The van der Waals surface area contributed by atoms with Crippen LogP contribution in [0.5, 0.6) is 0 Å². The Morgan fingerprint density at radius 1 is 1.12 bits per heavy atom. The van der Waals surface area contributed by atoms with Gasteiger partial charge in [-0.15, -0.1) is 0 Å². The normalized spacial score (nSPS) is 25.3. The van der Waals surface area contributed by atoms with Gasteiger partial charge < -0.3 is 14.7 Å². The molecule has 1 aromatic rings. The monoisotopic (exact) mass is 359 g/mol. The molecule has 0 unspecified atom stereocenters. The molecule has 1 heterocycles. The lowest BCUT2D eigenvalue weighted by molar-refractivity contribution is -0.0478. The van der Waals surface area contributed by atoms with Crippen molar-refractivity contribution in [2.24, 2.45) is 5.41 Å². The average Bonchev–Trinajstić information content (AvgIpc) is 2.83. The number of carbonyl (C=O) groups excluding carboxylic acids is 1. The third kappa shape index (κ3) is 3.75. The minimum Gasteiger partial charge on any atom is -0.444 e. The Morgan fingerprint density at radius 2 is 1.77 bits per heavy atom. The van der Waals surface area contributed by atoms with Gasteiger partial charge >= 0.3 is 6.09 Å². The molecule has 4 heteroatoms. The molecule has 1 aliphatic carbocycles. The Labute approximate surface area is 157 Å². The first-order valence-electron chi connectivity index (χ1n) is 9.63. The number of likely N-dealkylation sites (tertiary alicyclic amines) is 1. The first-order chi connectivity index (χ1) is 11.8. The summed E-state index contributed by atoms with van der Waals surface area (Å²) in [6.07, 6.45) is 2.17. The van der Waals surface area contributed by atoms with E-state index in [-0.39, 0.29) is 16.9 Å². The molecule has 144 valence electrons. The molecule has 0 aromatic heterocycles. The van der Waals surface area contributed by atoms with E-state index in [0.29, 0.717) is 19.5 Å². The van der Waals surface area contributed by atoms with E-state index in [1.54, 1.807) is 4.90 Å². The first kappa shape index (κ1) is 19.2. The van der Waals surface area contributed by atoms with Gasteiger partial charge in [0.2, 0.25) is 0 Å². The summed E-state index contributed by atoms with van der Waals surface area (Å²) < 4.78 is 5.46. The zero-order valence-corrected chi connectivity index (χ0v) is 17.1. The highest BCUT2D eigenvalue weighted by Crippen LogP contribution is 2.54. The number of rotatable bonds is 1. The second-order valence-electron chi connectivity index (χ2n) is 10.4. The highest BCUT2D eigenvalue weighted by molar-refractivity contribution is 5.69. The molecule has 26 heavy (non-hydrogen) atoms. The molecule has 1 amide bonds. The quantitative estimate of drug-likeness (QED) is 0.798. The molecule has 1 saturated carbocycles. The molecule has 1 N–H and O–H groups in total. The molecule has 1 aliphatic heterocycles. The van der Waals surface area contributed by atoms with Gasteiger partial charge in [-0.2, -0.15) is 0 Å². The van der Waals surface area contributed by atoms with Crippen LogP contribution in [0.3, 0.4) is 0 Å². The topological polar surface area (TPSA) is 49.8 Å². The summed E-state index contributed by atoms with van der Waals surface area (Å²) in [6.45, 7) is 13.6. The minimum atomic E-state index is -0.790. The van der Waals surface area contributed by atoms with Crippen LogP contribution in [-0.4, -0.2) is 34.8 Å². The van der Waals surface area contributed by atoms with Gasteiger partial charge in [0.15, 0.2) is 0 Å². The maximum Gasteiger partial charge on any atom is 0.410 e. The van der Waals surface area contributed by atoms with Crippen molar-refractivity contribution in [1.29, 1.82) is 0 Å². The number of amides is 1. The molecule has 0 radical (unpaired) electrons. The van der Waals surface area contributed by atoms with Gasteiger partial charge in [-0.25, -0.2) is 4.79 Å². The summed E-state index contributed by atoms with van der Waals surface area (Å²) in [6, 6.07) is 8.37. The van der Waals surface area contributed by atoms with Gasteiger partial charge in [0.1, 0.15) is 5.60 Å².